The molecule has 4 aromatic rings. The zero-order valence-corrected chi connectivity index (χ0v) is 23.8. The van der Waals surface area contributed by atoms with Crippen LogP contribution in [-0.4, -0.2) is 36.2 Å². The molecule has 1 aliphatic rings. The number of aromatic nitrogens is 1. The lowest BCUT2D eigenvalue weighted by Gasteiger charge is -2.34. The van der Waals surface area contributed by atoms with Gasteiger partial charge in [0.25, 0.3) is 5.91 Å². The number of carbonyl (C=O) groups excluding carboxylic acids is 1. The van der Waals surface area contributed by atoms with Crippen LogP contribution >= 0.6 is 22.9 Å². The third kappa shape index (κ3) is 5.23. The molecule has 0 aliphatic carbocycles. The van der Waals surface area contributed by atoms with Crippen LogP contribution in [0.5, 0.6) is 0 Å². The van der Waals surface area contributed by atoms with Gasteiger partial charge >= 0.3 is 0 Å². The van der Waals surface area contributed by atoms with Crippen molar-refractivity contribution < 1.29 is 13.2 Å². The molecule has 3 aromatic carbocycles. The summed E-state index contributed by atoms with van der Waals surface area (Å²) in [6, 6.07) is 19.8. The van der Waals surface area contributed by atoms with Gasteiger partial charge in [0.1, 0.15) is 0 Å². The molecular formula is C29H30ClN3O3S2. The Hall–Kier alpha value is -2.78. The Morgan fingerprint density at radius 1 is 1.08 bits per heavy atom. The number of benzene rings is 3. The lowest BCUT2D eigenvalue weighted by molar-refractivity contribution is 0.0985. The van der Waals surface area contributed by atoms with Crippen molar-refractivity contribution in [2.24, 2.45) is 0 Å². The third-order valence-electron chi connectivity index (χ3n) is 7.10. The topological polar surface area (TPSA) is 70.6 Å². The minimum atomic E-state index is -3.63. The zero-order chi connectivity index (χ0) is 26.9. The summed E-state index contributed by atoms with van der Waals surface area (Å²) in [4.78, 5) is 20.5. The lowest BCUT2D eigenvalue weighted by Crippen LogP contribution is -2.43. The van der Waals surface area contributed by atoms with E-state index in [1.807, 2.05) is 56.3 Å². The van der Waals surface area contributed by atoms with Gasteiger partial charge in [-0.3, -0.25) is 9.69 Å². The number of sulfonamides is 1. The first-order valence-electron chi connectivity index (χ1n) is 12.8. The van der Waals surface area contributed by atoms with E-state index in [4.69, 9.17) is 16.6 Å². The van der Waals surface area contributed by atoms with E-state index in [2.05, 4.69) is 0 Å². The normalized spacial score (nSPS) is 16.6. The average Bonchev–Trinajstić information content (AvgIpc) is 3.41. The van der Waals surface area contributed by atoms with Crippen LogP contribution in [0.4, 0.5) is 5.13 Å². The summed E-state index contributed by atoms with van der Waals surface area (Å²) in [6.45, 7) is 4.85. The number of carbonyl (C=O) groups is 1. The maximum Gasteiger partial charge on any atom is 0.260 e. The molecule has 0 bridgehead atoms. The second-order valence-corrected chi connectivity index (χ2v) is 12.9. The van der Waals surface area contributed by atoms with Crippen LogP contribution in [0.15, 0.2) is 71.6 Å². The molecule has 1 aromatic heterocycles. The molecule has 38 heavy (non-hydrogen) atoms. The average molecular weight is 568 g/mol. The van der Waals surface area contributed by atoms with Crippen LogP contribution < -0.4 is 4.90 Å². The molecule has 0 radical (unpaired) electrons. The van der Waals surface area contributed by atoms with Gasteiger partial charge in [0, 0.05) is 18.2 Å². The molecule has 1 amide bonds. The first-order chi connectivity index (χ1) is 18.3. The van der Waals surface area contributed by atoms with Crippen LogP contribution in [0.2, 0.25) is 5.02 Å². The summed E-state index contributed by atoms with van der Waals surface area (Å²) in [6.07, 6.45) is 3.58. The number of anilines is 1. The van der Waals surface area contributed by atoms with Crippen LogP contribution in [-0.2, 0) is 16.6 Å². The van der Waals surface area contributed by atoms with E-state index >= 15 is 0 Å². The molecule has 0 N–H and O–H groups in total. The van der Waals surface area contributed by atoms with Crippen molar-refractivity contribution in [1.29, 1.82) is 0 Å². The molecule has 9 heteroatoms. The highest BCUT2D eigenvalue weighted by atomic mass is 35.5. The molecule has 0 saturated carbocycles. The van der Waals surface area contributed by atoms with Crippen molar-refractivity contribution in [2.75, 3.05) is 11.4 Å². The Labute approximate surface area is 232 Å². The number of hydrogen-bond donors (Lipinski definition) is 0. The Morgan fingerprint density at radius 3 is 2.50 bits per heavy atom. The van der Waals surface area contributed by atoms with Crippen LogP contribution in [0.3, 0.4) is 0 Å². The fraction of sp³-hybridized carbons (Fsp3) is 0.310. The van der Waals surface area contributed by atoms with Gasteiger partial charge in [-0.2, -0.15) is 4.31 Å². The fourth-order valence-corrected chi connectivity index (χ4v) is 8.04. The molecule has 198 valence electrons. The summed E-state index contributed by atoms with van der Waals surface area (Å²) in [5.41, 5.74) is 3.11. The first kappa shape index (κ1) is 26.8. The summed E-state index contributed by atoms with van der Waals surface area (Å²) in [5.74, 6) is -0.255. The number of hydrogen-bond acceptors (Lipinski definition) is 5. The molecule has 2 heterocycles. The van der Waals surface area contributed by atoms with E-state index < -0.39 is 10.0 Å². The smallest absolute Gasteiger partial charge is 0.260 e. The van der Waals surface area contributed by atoms with E-state index in [0.717, 1.165) is 47.0 Å². The van der Waals surface area contributed by atoms with Gasteiger partial charge in [0.05, 0.1) is 26.7 Å². The molecule has 1 fully saturated rings. The Bertz CT molecular complexity index is 1510. The van der Waals surface area contributed by atoms with Gasteiger partial charge in [-0.1, -0.05) is 72.7 Å². The highest BCUT2D eigenvalue weighted by Gasteiger charge is 2.32. The Kier molecular flexibility index (Phi) is 7.86. The van der Waals surface area contributed by atoms with E-state index in [9.17, 15) is 13.2 Å². The molecule has 1 aliphatic heterocycles. The van der Waals surface area contributed by atoms with Crippen molar-refractivity contribution >= 4 is 54.2 Å². The minimum absolute atomic E-state index is 0.0192. The zero-order valence-electron chi connectivity index (χ0n) is 21.4. The third-order valence-corrected chi connectivity index (χ3v) is 10.6. The van der Waals surface area contributed by atoms with Gasteiger partial charge in [0.15, 0.2) is 5.13 Å². The lowest BCUT2D eigenvalue weighted by atomic mass is 10.0. The summed E-state index contributed by atoms with van der Waals surface area (Å²) >= 11 is 7.83. The van der Waals surface area contributed by atoms with Crippen molar-refractivity contribution in [3.63, 3.8) is 0 Å². The maximum atomic E-state index is 13.9. The maximum absolute atomic E-state index is 13.9. The number of thiazole rings is 1. The Morgan fingerprint density at radius 2 is 1.82 bits per heavy atom. The monoisotopic (exact) mass is 567 g/mol. The standard InChI is InChI=1S/C29H30ClN3O3S2/c1-3-23-11-7-8-18-33(23)38(35,36)24-15-13-22(14-16-24)28(34)32(19-21-9-5-4-6-10-21)29-31-26-20(2)12-17-25(30)27(26)37-29/h4-6,9-10,12-17,23H,3,7-8,11,18-19H2,1-2H3. The van der Waals surface area contributed by atoms with Gasteiger partial charge < -0.3 is 0 Å². The van der Waals surface area contributed by atoms with E-state index in [-0.39, 0.29) is 16.8 Å². The number of piperidine rings is 1. The van der Waals surface area contributed by atoms with Gasteiger partial charge in [0.2, 0.25) is 10.0 Å². The van der Waals surface area contributed by atoms with Crippen molar-refractivity contribution in [3.8, 4) is 0 Å². The largest absolute Gasteiger partial charge is 0.279 e. The van der Waals surface area contributed by atoms with Crippen LogP contribution in [0, 0.1) is 6.92 Å². The molecule has 6 nitrogen and oxygen atoms in total. The quantitative estimate of drug-likeness (QED) is 0.240. The minimum Gasteiger partial charge on any atom is -0.279 e. The number of halogens is 1. The fourth-order valence-electron chi connectivity index (χ4n) is 4.96. The summed E-state index contributed by atoms with van der Waals surface area (Å²) < 4.78 is 29.3. The highest BCUT2D eigenvalue weighted by Crippen LogP contribution is 2.37. The Balaban J connectivity index is 1.49. The van der Waals surface area contributed by atoms with Crippen molar-refractivity contribution in [1.82, 2.24) is 9.29 Å². The predicted octanol–water partition coefficient (Wildman–Crippen LogP) is 7.06. The summed E-state index contributed by atoms with van der Waals surface area (Å²) in [5, 5.41) is 1.14. The molecule has 1 atom stereocenters. The van der Waals surface area contributed by atoms with Gasteiger partial charge in [-0.05, 0) is 67.6 Å². The van der Waals surface area contributed by atoms with Crippen LogP contribution in [0.1, 0.15) is 54.1 Å². The summed E-state index contributed by atoms with van der Waals surface area (Å²) in [7, 11) is -3.63. The number of rotatable bonds is 7. The van der Waals surface area contributed by atoms with Gasteiger partial charge in [-0.15, -0.1) is 0 Å². The molecular weight excluding hydrogens is 538 g/mol. The van der Waals surface area contributed by atoms with Gasteiger partial charge in [-0.25, -0.2) is 13.4 Å². The van der Waals surface area contributed by atoms with Crippen LogP contribution in [0.25, 0.3) is 10.2 Å². The number of fused-ring (bicyclic) bond motifs is 1. The number of aryl methyl sites for hydroxylation is 1. The highest BCUT2D eigenvalue weighted by molar-refractivity contribution is 7.89. The van der Waals surface area contributed by atoms with E-state index in [1.165, 1.54) is 11.3 Å². The van der Waals surface area contributed by atoms with Crippen molar-refractivity contribution in [2.45, 2.75) is 57.0 Å². The molecule has 1 saturated heterocycles. The van der Waals surface area contributed by atoms with Crippen molar-refractivity contribution in [3.05, 3.63) is 88.4 Å². The van der Waals surface area contributed by atoms with E-state index in [0.29, 0.717) is 28.8 Å². The second-order valence-electron chi connectivity index (χ2n) is 9.61. The van der Waals surface area contributed by atoms with E-state index in [1.54, 1.807) is 33.5 Å². The number of nitrogens with zero attached hydrogens (tertiary/aromatic N) is 3. The second kappa shape index (κ2) is 11.1. The first-order valence-corrected chi connectivity index (χ1v) is 15.5. The number of amides is 1. The molecule has 0 spiro atoms. The molecule has 1 unspecified atom stereocenters. The SMILES string of the molecule is CCC1CCCCN1S(=O)(=O)c1ccc(C(=O)N(Cc2ccccc2)c2nc3c(C)ccc(Cl)c3s2)cc1. The molecule has 5 rings (SSSR count). The predicted molar refractivity (Wildman–Crippen MR) is 155 cm³/mol.